The minimum absolute atomic E-state index is 0.0677. The van der Waals surface area contributed by atoms with E-state index in [2.05, 4.69) is 10.1 Å². The lowest BCUT2D eigenvalue weighted by Crippen LogP contribution is -2.36. The summed E-state index contributed by atoms with van der Waals surface area (Å²) >= 11 is 0. The predicted molar refractivity (Wildman–Crippen MR) is 94.3 cm³/mol. The molecule has 2 rings (SSSR count). The molecule has 5 nitrogen and oxygen atoms in total. The first-order chi connectivity index (χ1) is 12.9. The Morgan fingerprint density at radius 2 is 1.89 bits per heavy atom. The van der Waals surface area contributed by atoms with Crippen molar-refractivity contribution in [1.29, 1.82) is 0 Å². The number of rotatable bonds is 10. The summed E-state index contributed by atoms with van der Waals surface area (Å²) in [6.07, 6.45) is 0. The van der Waals surface area contributed by atoms with E-state index in [9.17, 15) is 18.0 Å². The smallest absolute Gasteiger partial charge is 0.387 e. The van der Waals surface area contributed by atoms with Crippen molar-refractivity contribution in [2.24, 2.45) is 0 Å². The van der Waals surface area contributed by atoms with Crippen molar-refractivity contribution in [3.8, 4) is 11.5 Å². The second-order valence-electron chi connectivity index (χ2n) is 5.84. The number of halogens is 3. The number of amides is 1. The van der Waals surface area contributed by atoms with E-state index in [0.717, 1.165) is 5.56 Å². The summed E-state index contributed by atoms with van der Waals surface area (Å²) in [7, 11) is 1.77. The average Bonchev–Trinajstić information content (AvgIpc) is 2.61. The van der Waals surface area contributed by atoms with Gasteiger partial charge in [-0.15, -0.1) is 0 Å². The number of benzene rings is 2. The fourth-order valence-corrected chi connectivity index (χ4v) is 2.25. The van der Waals surface area contributed by atoms with E-state index in [1.807, 2.05) is 0 Å². The van der Waals surface area contributed by atoms with Crippen LogP contribution in [0.2, 0.25) is 0 Å². The van der Waals surface area contributed by atoms with E-state index in [1.54, 1.807) is 36.2 Å². The molecule has 0 aliphatic heterocycles. The first kappa shape index (κ1) is 20.6. The standard InChI is InChI=1S/C19H21F3N2O3/c1-24(9-10-26-17-4-2-3-15(20)11-17)13-18(25)23-12-14-5-7-16(8-6-14)27-19(21)22/h2-8,11,19H,9-10,12-13H2,1H3,(H,23,25). The van der Waals surface area contributed by atoms with Crippen LogP contribution in [0.4, 0.5) is 13.2 Å². The zero-order chi connectivity index (χ0) is 19.6. The van der Waals surface area contributed by atoms with Crippen LogP contribution in [0.3, 0.4) is 0 Å². The second kappa shape index (κ2) is 10.4. The highest BCUT2D eigenvalue weighted by atomic mass is 19.3. The highest BCUT2D eigenvalue weighted by molar-refractivity contribution is 5.77. The normalized spacial score (nSPS) is 10.9. The van der Waals surface area contributed by atoms with Gasteiger partial charge in [0.05, 0.1) is 6.54 Å². The SMILES string of the molecule is CN(CCOc1cccc(F)c1)CC(=O)NCc1ccc(OC(F)F)cc1. The Kier molecular flexibility index (Phi) is 7.94. The van der Waals surface area contributed by atoms with E-state index in [-0.39, 0.29) is 30.6 Å². The van der Waals surface area contributed by atoms with Crippen LogP contribution < -0.4 is 14.8 Å². The van der Waals surface area contributed by atoms with Gasteiger partial charge in [0, 0.05) is 19.2 Å². The van der Waals surface area contributed by atoms with Gasteiger partial charge in [0.1, 0.15) is 23.9 Å². The van der Waals surface area contributed by atoms with Gasteiger partial charge < -0.3 is 14.8 Å². The van der Waals surface area contributed by atoms with Crippen molar-refractivity contribution in [3.63, 3.8) is 0 Å². The van der Waals surface area contributed by atoms with E-state index in [0.29, 0.717) is 18.9 Å². The number of carbonyl (C=O) groups excluding carboxylic acids is 1. The number of carbonyl (C=O) groups is 1. The van der Waals surface area contributed by atoms with Crippen molar-refractivity contribution < 1.29 is 27.4 Å². The summed E-state index contributed by atoms with van der Waals surface area (Å²) in [4.78, 5) is 13.7. The average molecular weight is 382 g/mol. The lowest BCUT2D eigenvalue weighted by atomic mass is 10.2. The van der Waals surface area contributed by atoms with Crippen LogP contribution in [0.15, 0.2) is 48.5 Å². The molecule has 0 aliphatic carbocycles. The Labute approximate surface area is 155 Å². The van der Waals surface area contributed by atoms with Crippen LogP contribution in [0.25, 0.3) is 0 Å². The monoisotopic (exact) mass is 382 g/mol. The lowest BCUT2D eigenvalue weighted by molar-refractivity contribution is -0.122. The summed E-state index contributed by atoms with van der Waals surface area (Å²) in [5.41, 5.74) is 0.766. The maximum atomic E-state index is 13.0. The van der Waals surface area contributed by atoms with Crippen LogP contribution in [0, 0.1) is 5.82 Å². The summed E-state index contributed by atoms with van der Waals surface area (Å²) in [6.45, 7) is -1.61. The highest BCUT2D eigenvalue weighted by Crippen LogP contribution is 2.15. The minimum atomic E-state index is -2.86. The molecule has 0 saturated heterocycles. The zero-order valence-electron chi connectivity index (χ0n) is 14.8. The molecule has 0 fully saturated rings. The molecule has 146 valence electrons. The van der Waals surface area contributed by atoms with Crippen molar-refractivity contribution in [3.05, 3.63) is 59.9 Å². The van der Waals surface area contributed by atoms with Crippen LogP contribution >= 0.6 is 0 Å². The molecule has 8 heteroatoms. The topological polar surface area (TPSA) is 50.8 Å². The van der Waals surface area contributed by atoms with Gasteiger partial charge in [-0.3, -0.25) is 9.69 Å². The van der Waals surface area contributed by atoms with Gasteiger partial charge in [-0.2, -0.15) is 8.78 Å². The summed E-state index contributed by atoms with van der Waals surface area (Å²) < 4.78 is 46.9. The molecule has 2 aromatic carbocycles. The molecule has 0 saturated carbocycles. The fourth-order valence-electron chi connectivity index (χ4n) is 2.25. The third-order valence-electron chi connectivity index (χ3n) is 3.59. The molecule has 1 amide bonds. The summed E-state index contributed by atoms with van der Waals surface area (Å²) in [5, 5.41) is 2.75. The molecule has 0 spiro atoms. The van der Waals surface area contributed by atoms with E-state index in [4.69, 9.17) is 4.74 Å². The van der Waals surface area contributed by atoms with Crippen molar-refractivity contribution >= 4 is 5.91 Å². The van der Waals surface area contributed by atoms with Crippen molar-refractivity contribution in [1.82, 2.24) is 10.2 Å². The van der Waals surface area contributed by atoms with E-state index >= 15 is 0 Å². The number of nitrogens with zero attached hydrogens (tertiary/aromatic N) is 1. The van der Waals surface area contributed by atoms with Crippen LogP contribution in [-0.2, 0) is 11.3 Å². The lowest BCUT2D eigenvalue weighted by Gasteiger charge is -2.16. The van der Waals surface area contributed by atoms with Gasteiger partial charge in [-0.25, -0.2) is 4.39 Å². The Balaban J connectivity index is 1.65. The van der Waals surface area contributed by atoms with Gasteiger partial charge in [0.15, 0.2) is 0 Å². The van der Waals surface area contributed by atoms with E-state index in [1.165, 1.54) is 24.3 Å². The number of hydrogen-bond donors (Lipinski definition) is 1. The number of likely N-dealkylation sites (N-methyl/N-ethyl adjacent to an activating group) is 1. The van der Waals surface area contributed by atoms with Gasteiger partial charge in [0.2, 0.25) is 5.91 Å². The second-order valence-corrected chi connectivity index (χ2v) is 5.84. The largest absolute Gasteiger partial charge is 0.492 e. The van der Waals surface area contributed by atoms with Crippen LogP contribution in [0.5, 0.6) is 11.5 Å². The molecule has 0 heterocycles. The summed E-state index contributed by atoms with van der Waals surface area (Å²) in [5.74, 6) is -0.0459. The molecule has 0 atom stereocenters. The quantitative estimate of drug-likeness (QED) is 0.686. The fraction of sp³-hybridized carbons (Fsp3) is 0.316. The number of alkyl halides is 2. The Morgan fingerprint density at radius 3 is 2.56 bits per heavy atom. The van der Waals surface area contributed by atoms with Gasteiger partial charge >= 0.3 is 6.61 Å². The first-order valence-corrected chi connectivity index (χ1v) is 8.30. The Hall–Kier alpha value is -2.74. The number of nitrogens with one attached hydrogen (secondary N) is 1. The molecule has 0 radical (unpaired) electrons. The zero-order valence-corrected chi connectivity index (χ0v) is 14.8. The maximum absolute atomic E-state index is 13.0. The Bertz CT molecular complexity index is 726. The van der Waals surface area contributed by atoms with Crippen molar-refractivity contribution in [2.45, 2.75) is 13.2 Å². The first-order valence-electron chi connectivity index (χ1n) is 8.30. The Morgan fingerprint density at radius 1 is 1.15 bits per heavy atom. The van der Waals surface area contributed by atoms with Gasteiger partial charge in [-0.05, 0) is 36.9 Å². The molecule has 2 aromatic rings. The molecular weight excluding hydrogens is 361 g/mol. The molecular formula is C19H21F3N2O3. The number of hydrogen-bond acceptors (Lipinski definition) is 4. The van der Waals surface area contributed by atoms with Gasteiger partial charge in [0.25, 0.3) is 0 Å². The third kappa shape index (κ3) is 8.00. The van der Waals surface area contributed by atoms with Crippen LogP contribution in [0.1, 0.15) is 5.56 Å². The molecule has 0 aromatic heterocycles. The van der Waals surface area contributed by atoms with Crippen molar-refractivity contribution in [2.75, 3.05) is 26.7 Å². The third-order valence-corrected chi connectivity index (χ3v) is 3.59. The molecule has 1 N–H and O–H groups in total. The minimum Gasteiger partial charge on any atom is -0.492 e. The van der Waals surface area contributed by atoms with Gasteiger partial charge in [-0.1, -0.05) is 18.2 Å². The summed E-state index contributed by atoms with van der Waals surface area (Å²) in [6, 6.07) is 11.9. The number of ether oxygens (including phenoxy) is 2. The predicted octanol–water partition coefficient (Wildman–Crippen LogP) is 3.05. The van der Waals surface area contributed by atoms with E-state index < -0.39 is 6.61 Å². The molecule has 0 unspecified atom stereocenters. The molecule has 27 heavy (non-hydrogen) atoms. The molecule has 0 bridgehead atoms. The van der Waals surface area contributed by atoms with Crippen LogP contribution in [-0.4, -0.2) is 44.2 Å². The maximum Gasteiger partial charge on any atom is 0.387 e. The highest BCUT2D eigenvalue weighted by Gasteiger charge is 2.08. The molecule has 0 aliphatic rings.